The van der Waals surface area contributed by atoms with Gasteiger partial charge in [0.1, 0.15) is 60.4 Å². The fourth-order valence-electron chi connectivity index (χ4n) is 8.10. The van der Waals surface area contributed by atoms with Crippen molar-refractivity contribution in [3.63, 3.8) is 0 Å². The molecule has 0 saturated carbocycles. The second-order valence-electron chi connectivity index (χ2n) is 21.1. The Morgan fingerprint density at radius 1 is 0.549 bits per heavy atom. The number of carboxylic acids is 3. The van der Waals surface area contributed by atoms with E-state index in [9.17, 15) is 78.0 Å². The fraction of sp³-hybridized carbons (Fsp3) is 0.604. The van der Waals surface area contributed by atoms with Gasteiger partial charge in [-0.1, -0.05) is 92.1 Å². The van der Waals surface area contributed by atoms with Gasteiger partial charge in [-0.3, -0.25) is 52.7 Å². The molecule has 82 heavy (non-hydrogen) atoms. The molecule has 12 atom stereocenters. The van der Waals surface area contributed by atoms with Crippen molar-refractivity contribution in [2.45, 2.75) is 174 Å². The molecule has 0 fully saturated rings. The highest BCUT2D eigenvalue weighted by molar-refractivity contribution is 5.99. The fourth-order valence-corrected chi connectivity index (χ4v) is 8.10. The van der Waals surface area contributed by atoms with E-state index in [2.05, 4.69) is 52.5 Å². The van der Waals surface area contributed by atoms with Crippen molar-refractivity contribution in [3.8, 4) is 0 Å². The number of H-pyrrole nitrogens is 1. The van der Waals surface area contributed by atoms with E-state index in [1.807, 2.05) is 5.32 Å². The van der Waals surface area contributed by atoms with Crippen LogP contribution >= 0.6 is 0 Å². The molecule has 0 aliphatic carbocycles. The number of nitrogens with zero attached hydrogens (tertiary/aromatic N) is 1. The number of rotatable bonds is 36. The van der Waals surface area contributed by atoms with Crippen molar-refractivity contribution in [2.75, 3.05) is 6.61 Å². The molecule has 2 aromatic rings. The van der Waals surface area contributed by atoms with E-state index in [0.717, 1.165) is 6.92 Å². The van der Waals surface area contributed by atoms with Gasteiger partial charge in [0, 0.05) is 31.2 Å². The second-order valence-corrected chi connectivity index (χ2v) is 21.1. The largest absolute Gasteiger partial charge is 0.481 e. The number of nitrogens with two attached hydrogens (primary N) is 1. The molecule has 0 saturated heterocycles. The van der Waals surface area contributed by atoms with Gasteiger partial charge < -0.3 is 84.1 Å². The number of nitrogens with one attached hydrogen (secondary N) is 10. The first-order valence-corrected chi connectivity index (χ1v) is 26.9. The van der Waals surface area contributed by atoms with Gasteiger partial charge in [0.05, 0.1) is 25.5 Å². The first kappa shape index (κ1) is 70.1. The summed E-state index contributed by atoms with van der Waals surface area (Å²) in [7, 11) is 0. The molecule has 0 radical (unpaired) electrons. The zero-order chi connectivity index (χ0) is 62.1. The van der Waals surface area contributed by atoms with E-state index < -0.39 is 181 Å². The Morgan fingerprint density at radius 2 is 1.00 bits per heavy atom. The molecule has 1 heterocycles. The molecule has 2 rings (SSSR count). The van der Waals surface area contributed by atoms with E-state index in [1.54, 1.807) is 71.9 Å². The molecule has 1 aromatic heterocycles. The smallest absolute Gasteiger partial charge is 0.326 e. The van der Waals surface area contributed by atoms with Crippen molar-refractivity contribution in [1.82, 2.24) is 57.8 Å². The molecule has 1 aromatic carbocycles. The Bertz CT molecular complexity index is 2490. The predicted molar refractivity (Wildman–Crippen MR) is 292 cm³/mol. The molecular formula is C53H82N12O17. The normalized spacial score (nSPS) is 15.7. The maximum absolute atomic E-state index is 14.5. The number of carboxylic acid groups (broad SMARTS) is 3. The summed E-state index contributed by atoms with van der Waals surface area (Å²) in [6.07, 6.45) is -1.24. The lowest BCUT2D eigenvalue weighted by atomic mass is 9.96. The van der Waals surface area contributed by atoms with Crippen LogP contribution in [0, 0.1) is 23.7 Å². The number of aromatic amines is 1. The first-order chi connectivity index (χ1) is 38.4. The summed E-state index contributed by atoms with van der Waals surface area (Å²) in [5.41, 5.74) is 6.51. The molecule has 0 aliphatic rings. The number of carbonyl (C=O) groups excluding carboxylic acids is 9. The summed E-state index contributed by atoms with van der Waals surface area (Å²) >= 11 is 0. The van der Waals surface area contributed by atoms with E-state index in [1.165, 1.54) is 26.4 Å². The maximum atomic E-state index is 14.5. The third kappa shape index (κ3) is 23.6. The van der Waals surface area contributed by atoms with Crippen LogP contribution in [0.25, 0.3) is 0 Å². The number of benzene rings is 1. The highest BCUT2D eigenvalue weighted by atomic mass is 16.4. The Morgan fingerprint density at radius 3 is 1.48 bits per heavy atom. The molecule has 17 N–H and O–H groups in total. The number of aromatic nitrogens is 2. The lowest BCUT2D eigenvalue weighted by Gasteiger charge is -2.30. The number of carbonyl (C=O) groups is 12. The van der Waals surface area contributed by atoms with E-state index in [-0.39, 0.29) is 25.2 Å². The van der Waals surface area contributed by atoms with Gasteiger partial charge in [0.15, 0.2) is 0 Å². The van der Waals surface area contributed by atoms with Crippen LogP contribution in [0.2, 0.25) is 0 Å². The summed E-state index contributed by atoms with van der Waals surface area (Å²) in [6.45, 7) is 13.5. The van der Waals surface area contributed by atoms with Crippen LogP contribution in [-0.2, 0) is 70.4 Å². The third-order valence-corrected chi connectivity index (χ3v) is 13.0. The van der Waals surface area contributed by atoms with Crippen molar-refractivity contribution in [2.24, 2.45) is 29.4 Å². The minimum absolute atomic E-state index is 0.106. The van der Waals surface area contributed by atoms with Crippen LogP contribution in [0.4, 0.5) is 0 Å². The summed E-state index contributed by atoms with van der Waals surface area (Å²) in [5, 5.41) is 70.4. The molecule has 9 amide bonds. The number of aliphatic carboxylic acids is 3. The molecule has 0 spiro atoms. The maximum Gasteiger partial charge on any atom is 0.326 e. The third-order valence-electron chi connectivity index (χ3n) is 13.0. The van der Waals surface area contributed by atoms with Gasteiger partial charge in [-0.25, -0.2) is 9.78 Å². The van der Waals surface area contributed by atoms with Gasteiger partial charge >= 0.3 is 17.9 Å². The van der Waals surface area contributed by atoms with E-state index >= 15 is 0 Å². The Balaban J connectivity index is 2.51. The van der Waals surface area contributed by atoms with Gasteiger partial charge in [-0.2, -0.15) is 0 Å². The van der Waals surface area contributed by atoms with Crippen molar-refractivity contribution < 1.29 is 83.1 Å². The first-order valence-electron chi connectivity index (χ1n) is 26.9. The number of amides is 9. The summed E-state index contributed by atoms with van der Waals surface area (Å²) in [4.78, 5) is 166. The van der Waals surface area contributed by atoms with Crippen LogP contribution in [0.15, 0.2) is 42.9 Å². The molecular weight excluding hydrogens is 1080 g/mol. The lowest BCUT2D eigenvalue weighted by Crippen LogP contribution is -2.63. The Kier molecular flexibility index (Phi) is 29.3. The summed E-state index contributed by atoms with van der Waals surface area (Å²) in [6, 6.07) is -6.90. The zero-order valence-electron chi connectivity index (χ0n) is 47.5. The van der Waals surface area contributed by atoms with E-state index in [4.69, 9.17) is 10.8 Å². The highest BCUT2D eigenvalue weighted by Gasteiger charge is 2.39. The second kappa shape index (κ2) is 34.3. The van der Waals surface area contributed by atoms with Gasteiger partial charge in [0.2, 0.25) is 53.2 Å². The number of aliphatic hydroxyl groups is 2. The van der Waals surface area contributed by atoms with Crippen LogP contribution in [-0.4, -0.2) is 180 Å². The van der Waals surface area contributed by atoms with Crippen LogP contribution < -0.4 is 53.6 Å². The molecule has 0 bridgehead atoms. The quantitative estimate of drug-likeness (QED) is 0.0325. The van der Waals surface area contributed by atoms with Crippen LogP contribution in [0.5, 0.6) is 0 Å². The Hall–Kier alpha value is -8.05. The molecule has 29 nitrogen and oxygen atoms in total. The SMILES string of the molecule is CC[C@H](C)[C@H](NC(=O)[C@H](CC(C)C)NC(=O)[C@@H](N)CO)C(=O)N[C@@H](CCC(=O)O)C(=O)N[C@@H](Cc1cnc[nH]1)C(=O)N[C@H](C(=O)N[C@@H](Cc1ccccc1)C(=O)N[C@H](C(=O)N[C@H](C(=O)N[C@@H](CC(=O)O)C(=O)O)[C@@H](C)O)C(C)C)C(C)C. The number of hydrogen-bond acceptors (Lipinski definition) is 16. The zero-order valence-corrected chi connectivity index (χ0v) is 47.5. The monoisotopic (exact) mass is 1160 g/mol. The highest BCUT2D eigenvalue weighted by Crippen LogP contribution is 2.15. The predicted octanol–water partition coefficient (Wildman–Crippen LogP) is -2.91. The standard InChI is InChI=1S/C53H82N12O17/c1-10-28(8)42(64-46(74)34(18-25(2)3)58-44(72)32(54)23-66)51(79)57-33(16-17-38(68)69)45(73)59-36(20-31-22-55-24-56-31)48(76)62-40(26(4)5)49(77)60-35(19-30-14-12-11-13-15-30)47(75)63-41(27(6)7)50(78)65-43(29(9)67)52(80)61-37(53(81)82)21-39(70)71/h11-15,22,24-29,32-37,40-43,66-67H,10,16-21,23,54H2,1-9H3,(H,55,56)(H,57,79)(H,58,72)(H,59,73)(H,60,77)(H,61,80)(H,62,76)(H,63,75)(H,64,74)(H,65,78)(H,68,69)(H,70,71)(H,81,82)/t28-,29+,32-,33-,34-,35-,36-,37-,40-,41-,42-,43-/m0/s1. The molecule has 0 unspecified atom stereocenters. The average Bonchev–Trinajstić information content (AvgIpc) is 3.93. The topological polar surface area (TPSA) is 469 Å². The van der Waals surface area contributed by atoms with Gasteiger partial charge in [-0.05, 0) is 49.0 Å². The number of aliphatic hydroxyl groups excluding tert-OH is 2. The van der Waals surface area contributed by atoms with Crippen LogP contribution in [0.3, 0.4) is 0 Å². The van der Waals surface area contributed by atoms with Gasteiger partial charge in [-0.15, -0.1) is 0 Å². The number of imidazole rings is 1. The minimum atomic E-state index is -1.93. The molecule has 0 aliphatic heterocycles. The Labute approximate surface area is 474 Å². The minimum Gasteiger partial charge on any atom is -0.481 e. The van der Waals surface area contributed by atoms with E-state index in [0.29, 0.717) is 17.7 Å². The molecule has 29 heteroatoms. The van der Waals surface area contributed by atoms with Gasteiger partial charge in [0.25, 0.3) is 0 Å². The lowest BCUT2D eigenvalue weighted by molar-refractivity contribution is -0.148. The van der Waals surface area contributed by atoms with Crippen molar-refractivity contribution in [3.05, 3.63) is 54.1 Å². The van der Waals surface area contributed by atoms with Crippen LogP contribution in [0.1, 0.15) is 106 Å². The average molecular weight is 1160 g/mol. The van der Waals surface area contributed by atoms with Crippen molar-refractivity contribution in [1.29, 1.82) is 0 Å². The summed E-state index contributed by atoms with van der Waals surface area (Å²) in [5.74, 6) is -15.4. The number of hydrogen-bond donors (Lipinski definition) is 16. The summed E-state index contributed by atoms with van der Waals surface area (Å²) < 4.78 is 0. The molecule has 456 valence electrons. The van der Waals surface area contributed by atoms with Crippen molar-refractivity contribution >= 4 is 71.1 Å².